The number of aromatic nitrogens is 1. The average Bonchev–Trinajstić information content (AvgIpc) is 2.08. The number of hydrogen-bond acceptors (Lipinski definition) is 3. The summed E-state index contributed by atoms with van der Waals surface area (Å²) in [5, 5.41) is 3.35. The molecule has 0 aromatic carbocycles. The van der Waals surface area contributed by atoms with Crippen LogP contribution in [0.4, 0.5) is 5.82 Å². The van der Waals surface area contributed by atoms with Crippen LogP contribution in [0.25, 0.3) is 0 Å². The summed E-state index contributed by atoms with van der Waals surface area (Å²) < 4.78 is 5.13. The molecule has 1 rings (SSSR count). The summed E-state index contributed by atoms with van der Waals surface area (Å²) in [6, 6.07) is 3.97. The molecule has 0 aliphatic carbocycles. The standard InChI is InChI=1S/C11H18N2O/c1-9-6-5-7-12-10(9)13-11(2,3)8-14-4/h5-7H,8H2,1-4H3,(H,12,13). The van der Waals surface area contributed by atoms with Gasteiger partial charge in [-0.3, -0.25) is 0 Å². The van der Waals surface area contributed by atoms with Crippen molar-refractivity contribution in [3.63, 3.8) is 0 Å². The van der Waals surface area contributed by atoms with Gasteiger partial charge in [0.2, 0.25) is 0 Å². The van der Waals surface area contributed by atoms with E-state index in [1.165, 1.54) is 0 Å². The Balaban J connectivity index is 2.73. The van der Waals surface area contributed by atoms with Crippen molar-refractivity contribution in [1.29, 1.82) is 0 Å². The Hall–Kier alpha value is -1.09. The number of nitrogens with one attached hydrogen (secondary N) is 1. The summed E-state index contributed by atoms with van der Waals surface area (Å²) in [4.78, 5) is 4.28. The van der Waals surface area contributed by atoms with E-state index in [9.17, 15) is 0 Å². The second-order valence-electron chi connectivity index (χ2n) is 4.11. The zero-order valence-electron chi connectivity index (χ0n) is 9.29. The van der Waals surface area contributed by atoms with Crippen LogP contribution in [0, 0.1) is 6.92 Å². The molecular formula is C11H18N2O. The summed E-state index contributed by atoms with van der Waals surface area (Å²) in [7, 11) is 1.70. The van der Waals surface area contributed by atoms with Crippen LogP contribution >= 0.6 is 0 Å². The molecule has 0 saturated carbocycles. The lowest BCUT2D eigenvalue weighted by Crippen LogP contribution is -2.36. The Bertz CT molecular complexity index is 297. The highest BCUT2D eigenvalue weighted by Crippen LogP contribution is 2.16. The third-order valence-corrected chi connectivity index (χ3v) is 1.97. The Morgan fingerprint density at radius 1 is 1.50 bits per heavy atom. The number of ether oxygens (including phenoxy) is 1. The highest BCUT2D eigenvalue weighted by atomic mass is 16.5. The maximum absolute atomic E-state index is 5.13. The first-order chi connectivity index (χ1) is 6.55. The van der Waals surface area contributed by atoms with Crippen molar-refractivity contribution in [2.45, 2.75) is 26.3 Å². The van der Waals surface area contributed by atoms with Crippen molar-refractivity contribution < 1.29 is 4.74 Å². The molecule has 3 nitrogen and oxygen atoms in total. The number of aryl methyl sites for hydroxylation is 1. The Labute approximate surface area is 85.5 Å². The topological polar surface area (TPSA) is 34.1 Å². The zero-order valence-corrected chi connectivity index (χ0v) is 9.29. The fraction of sp³-hybridized carbons (Fsp3) is 0.545. The van der Waals surface area contributed by atoms with Gasteiger partial charge in [-0.15, -0.1) is 0 Å². The van der Waals surface area contributed by atoms with Gasteiger partial charge in [0.1, 0.15) is 5.82 Å². The molecule has 3 heteroatoms. The van der Waals surface area contributed by atoms with E-state index in [0.29, 0.717) is 6.61 Å². The number of anilines is 1. The third-order valence-electron chi connectivity index (χ3n) is 1.97. The zero-order chi connectivity index (χ0) is 10.6. The van der Waals surface area contributed by atoms with Gasteiger partial charge in [0.05, 0.1) is 12.1 Å². The predicted molar refractivity (Wildman–Crippen MR) is 58.6 cm³/mol. The summed E-state index contributed by atoms with van der Waals surface area (Å²) in [6.07, 6.45) is 1.79. The minimum absolute atomic E-state index is 0.0894. The summed E-state index contributed by atoms with van der Waals surface area (Å²) >= 11 is 0. The summed E-state index contributed by atoms with van der Waals surface area (Å²) in [5.41, 5.74) is 1.06. The van der Waals surface area contributed by atoms with Crippen LogP contribution < -0.4 is 5.32 Å². The van der Waals surface area contributed by atoms with Crippen molar-refractivity contribution >= 4 is 5.82 Å². The van der Waals surface area contributed by atoms with Gasteiger partial charge in [0.25, 0.3) is 0 Å². The molecule has 0 aliphatic heterocycles. The lowest BCUT2D eigenvalue weighted by Gasteiger charge is -2.26. The highest BCUT2D eigenvalue weighted by molar-refractivity contribution is 5.44. The Morgan fingerprint density at radius 3 is 2.79 bits per heavy atom. The van der Waals surface area contributed by atoms with Crippen LogP contribution in [0.2, 0.25) is 0 Å². The van der Waals surface area contributed by atoms with E-state index < -0.39 is 0 Å². The maximum Gasteiger partial charge on any atom is 0.129 e. The fourth-order valence-corrected chi connectivity index (χ4v) is 1.33. The van der Waals surface area contributed by atoms with Crippen LogP contribution in [0.15, 0.2) is 18.3 Å². The van der Waals surface area contributed by atoms with Gasteiger partial charge >= 0.3 is 0 Å². The van der Waals surface area contributed by atoms with Crippen LogP contribution in [0.1, 0.15) is 19.4 Å². The lowest BCUT2D eigenvalue weighted by atomic mass is 10.1. The molecule has 0 aliphatic rings. The van der Waals surface area contributed by atoms with Gasteiger partial charge in [-0.25, -0.2) is 4.98 Å². The third kappa shape index (κ3) is 3.00. The first-order valence-electron chi connectivity index (χ1n) is 4.74. The molecular weight excluding hydrogens is 176 g/mol. The number of pyridine rings is 1. The SMILES string of the molecule is COCC(C)(C)Nc1ncccc1C. The molecule has 0 bridgehead atoms. The predicted octanol–water partition coefficient (Wildman–Crippen LogP) is 2.23. The monoisotopic (exact) mass is 194 g/mol. The molecule has 0 unspecified atom stereocenters. The summed E-state index contributed by atoms with van der Waals surface area (Å²) in [6.45, 7) is 6.87. The van der Waals surface area contributed by atoms with E-state index in [4.69, 9.17) is 4.74 Å². The molecule has 14 heavy (non-hydrogen) atoms. The molecule has 0 fully saturated rings. The van der Waals surface area contributed by atoms with Crippen molar-refractivity contribution in [2.75, 3.05) is 19.0 Å². The molecule has 0 atom stereocenters. The molecule has 1 aromatic rings. The Kier molecular flexibility index (Phi) is 3.47. The second-order valence-corrected chi connectivity index (χ2v) is 4.11. The number of nitrogens with zero attached hydrogens (tertiary/aromatic N) is 1. The van der Waals surface area contributed by atoms with Gasteiger partial charge in [0.15, 0.2) is 0 Å². The lowest BCUT2D eigenvalue weighted by molar-refractivity contribution is 0.158. The largest absolute Gasteiger partial charge is 0.382 e. The summed E-state index contributed by atoms with van der Waals surface area (Å²) in [5.74, 6) is 0.926. The normalized spacial score (nSPS) is 11.4. The average molecular weight is 194 g/mol. The minimum Gasteiger partial charge on any atom is -0.382 e. The van der Waals surface area contributed by atoms with Crippen LogP contribution in [-0.4, -0.2) is 24.2 Å². The van der Waals surface area contributed by atoms with Gasteiger partial charge < -0.3 is 10.1 Å². The van der Waals surface area contributed by atoms with Crippen LogP contribution in [0.5, 0.6) is 0 Å². The molecule has 0 amide bonds. The van der Waals surface area contributed by atoms with E-state index in [0.717, 1.165) is 11.4 Å². The van der Waals surface area contributed by atoms with Crippen molar-refractivity contribution in [1.82, 2.24) is 4.98 Å². The second kappa shape index (κ2) is 4.42. The van der Waals surface area contributed by atoms with Crippen LogP contribution in [-0.2, 0) is 4.74 Å². The molecule has 1 N–H and O–H groups in total. The highest BCUT2D eigenvalue weighted by Gasteiger charge is 2.18. The number of rotatable bonds is 4. The number of methoxy groups -OCH3 is 1. The van der Waals surface area contributed by atoms with Gasteiger partial charge in [-0.2, -0.15) is 0 Å². The molecule has 0 radical (unpaired) electrons. The van der Waals surface area contributed by atoms with Gasteiger partial charge in [0, 0.05) is 13.3 Å². The smallest absolute Gasteiger partial charge is 0.129 e. The van der Waals surface area contributed by atoms with Crippen LogP contribution in [0.3, 0.4) is 0 Å². The quantitative estimate of drug-likeness (QED) is 0.798. The van der Waals surface area contributed by atoms with E-state index >= 15 is 0 Å². The molecule has 0 spiro atoms. The van der Waals surface area contributed by atoms with Crippen molar-refractivity contribution in [3.8, 4) is 0 Å². The first-order valence-corrected chi connectivity index (χ1v) is 4.74. The first kappa shape index (κ1) is 11.0. The van der Waals surface area contributed by atoms with E-state index in [1.54, 1.807) is 13.3 Å². The van der Waals surface area contributed by atoms with E-state index in [2.05, 4.69) is 24.1 Å². The van der Waals surface area contributed by atoms with Gasteiger partial charge in [-0.1, -0.05) is 6.07 Å². The maximum atomic E-state index is 5.13. The fourth-order valence-electron chi connectivity index (χ4n) is 1.33. The molecule has 0 saturated heterocycles. The van der Waals surface area contributed by atoms with Crippen molar-refractivity contribution in [2.24, 2.45) is 0 Å². The van der Waals surface area contributed by atoms with Gasteiger partial charge in [-0.05, 0) is 32.4 Å². The molecule has 78 valence electrons. The number of hydrogen-bond donors (Lipinski definition) is 1. The van der Waals surface area contributed by atoms with E-state index in [1.807, 2.05) is 19.1 Å². The Morgan fingerprint density at radius 2 is 2.21 bits per heavy atom. The van der Waals surface area contributed by atoms with Crippen molar-refractivity contribution in [3.05, 3.63) is 23.9 Å². The molecule has 1 heterocycles. The minimum atomic E-state index is -0.0894. The van der Waals surface area contributed by atoms with E-state index in [-0.39, 0.29) is 5.54 Å². The molecule has 1 aromatic heterocycles.